The van der Waals surface area contributed by atoms with Crippen molar-refractivity contribution in [1.29, 1.82) is 0 Å². The number of benzene rings is 1. The summed E-state index contributed by atoms with van der Waals surface area (Å²) >= 11 is 6.57. The third-order valence-corrected chi connectivity index (χ3v) is 2.86. The number of carbonyl (C=O) groups is 1. The Kier molecular flexibility index (Phi) is 5.25. The van der Waals surface area contributed by atoms with Crippen molar-refractivity contribution in [2.45, 2.75) is 6.42 Å². The highest BCUT2D eigenvalue weighted by molar-refractivity contribution is 9.11. The fraction of sp³-hybridized carbons (Fsp3) is 0.300. The zero-order valence-electron chi connectivity index (χ0n) is 7.80. The third-order valence-electron chi connectivity index (χ3n) is 1.68. The van der Waals surface area contributed by atoms with Gasteiger partial charge in [0.15, 0.2) is 0 Å². The average molecular weight is 340 g/mol. The molecular formula is C10H9Br2FO2. The Morgan fingerprint density at radius 2 is 1.93 bits per heavy atom. The second-order valence-electron chi connectivity index (χ2n) is 2.82. The summed E-state index contributed by atoms with van der Waals surface area (Å²) in [4.78, 5) is 10.6. The summed E-state index contributed by atoms with van der Waals surface area (Å²) in [6.45, 7) is -0.0875. The topological polar surface area (TPSA) is 26.3 Å². The molecule has 0 aliphatic rings. The highest BCUT2D eigenvalue weighted by Gasteiger charge is 2.08. The molecule has 0 N–H and O–H groups in total. The van der Waals surface area contributed by atoms with Crippen molar-refractivity contribution in [2.24, 2.45) is 0 Å². The van der Waals surface area contributed by atoms with Crippen LogP contribution in [0, 0.1) is 0 Å². The molecule has 1 rings (SSSR count). The molecule has 0 aliphatic carbocycles. The Morgan fingerprint density at radius 1 is 1.33 bits per heavy atom. The molecule has 0 unspecified atom stereocenters. The van der Waals surface area contributed by atoms with Crippen molar-refractivity contribution < 1.29 is 13.9 Å². The van der Waals surface area contributed by atoms with Gasteiger partial charge in [0.25, 0.3) is 0 Å². The highest BCUT2D eigenvalue weighted by atomic mass is 79.9. The van der Waals surface area contributed by atoms with Gasteiger partial charge in [0.1, 0.15) is 12.0 Å². The fourth-order valence-electron chi connectivity index (χ4n) is 1.01. The van der Waals surface area contributed by atoms with Crippen LogP contribution < -0.4 is 4.74 Å². The number of rotatable bonds is 5. The number of ether oxygens (including phenoxy) is 1. The second kappa shape index (κ2) is 6.23. The van der Waals surface area contributed by atoms with E-state index in [1.807, 2.05) is 0 Å². The normalized spacial score (nSPS) is 10.1. The lowest BCUT2D eigenvalue weighted by atomic mass is 10.2. The molecule has 0 radical (unpaired) electrons. The molecule has 0 spiro atoms. The molecule has 15 heavy (non-hydrogen) atoms. The molecular weight excluding hydrogens is 331 g/mol. The number of halogens is 3. The van der Waals surface area contributed by atoms with Gasteiger partial charge in [0.2, 0.25) is 0 Å². The van der Waals surface area contributed by atoms with Crippen molar-refractivity contribution in [3.8, 4) is 5.75 Å². The number of hydrogen-bond acceptors (Lipinski definition) is 2. The summed E-state index contributed by atoms with van der Waals surface area (Å²) < 4.78 is 18.6. The largest absolute Gasteiger partial charge is 0.491 e. The molecule has 0 saturated carbocycles. The molecule has 82 valence electrons. The van der Waals surface area contributed by atoms with E-state index in [0.717, 1.165) is 6.29 Å². The predicted octanol–water partition coefficient (Wildman–Crippen LogP) is 3.76. The average Bonchev–Trinajstić information content (AvgIpc) is 2.22. The first kappa shape index (κ1) is 12.6. The van der Waals surface area contributed by atoms with Crippen molar-refractivity contribution >= 4 is 38.1 Å². The van der Waals surface area contributed by atoms with Crippen LogP contribution in [0.1, 0.15) is 16.8 Å². The zero-order valence-corrected chi connectivity index (χ0v) is 11.0. The molecule has 0 fully saturated rings. The Hall–Kier alpha value is -0.420. The Labute approximate surface area is 104 Å². The number of carbonyl (C=O) groups excluding carboxylic acids is 1. The van der Waals surface area contributed by atoms with Crippen molar-refractivity contribution in [3.05, 3.63) is 26.6 Å². The molecule has 2 nitrogen and oxygen atoms in total. The van der Waals surface area contributed by atoms with Crippen LogP contribution >= 0.6 is 31.9 Å². The lowest BCUT2D eigenvalue weighted by Crippen LogP contribution is -2.00. The van der Waals surface area contributed by atoms with Crippen LogP contribution in [0.25, 0.3) is 0 Å². The van der Waals surface area contributed by atoms with Crippen molar-refractivity contribution in [2.75, 3.05) is 13.3 Å². The van der Waals surface area contributed by atoms with Gasteiger partial charge >= 0.3 is 0 Å². The Balaban J connectivity index is 2.83. The van der Waals surface area contributed by atoms with Gasteiger partial charge in [-0.25, -0.2) is 0 Å². The molecule has 0 aromatic heterocycles. The van der Waals surface area contributed by atoms with Crippen LogP contribution in [-0.2, 0) is 0 Å². The molecule has 1 aromatic rings. The monoisotopic (exact) mass is 338 g/mol. The first-order chi connectivity index (χ1) is 7.19. The number of hydrogen-bond donors (Lipinski definition) is 0. The minimum absolute atomic E-state index is 0.314. The van der Waals surface area contributed by atoms with E-state index in [9.17, 15) is 9.18 Å². The summed E-state index contributed by atoms with van der Waals surface area (Å²) in [7, 11) is 0. The van der Waals surface area contributed by atoms with E-state index in [1.54, 1.807) is 12.1 Å². The van der Waals surface area contributed by atoms with Gasteiger partial charge in [-0.05, 0) is 44.0 Å². The number of alkyl halides is 1. The van der Waals surface area contributed by atoms with Gasteiger partial charge in [-0.15, -0.1) is 0 Å². The highest BCUT2D eigenvalue weighted by Crippen LogP contribution is 2.34. The van der Waals surface area contributed by atoms with Crippen LogP contribution in [0.4, 0.5) is 4.39 Å². The minimum Gasteiger partial charge on any atom is -0.491 e. The fourth-order valence-corrected chi connectivity index (χ4v) is 2.46. The van der Waals surface area contributed by atoms with Crippen molar-refractivity contribution in [3.63, 3.8) is 0 Å². The Morgan fingerprint density at radius 3 is 2.40 bits per heavy atom. The molecule has 0 heterocycles. The third kappa shape index (κ3) is 3.57. The van der Waals surface area contributed by atoms with Crippen molar-refractivity contribution in [1.82, 2.24) is 0 Å². The van der Waals surface area contributed by atoms with Gasteiger partial charge in [0.05, 0.1) is 22.2 Å². The van der Waals surface area contributed by atoms with E-state index in [-0.39, 0.29) is 0 Å². The van der Waals surface area contributed by atoms with Gasteiger partial charge in [-0.1, -0.05) is 0 Å². The zero-order chi connectivity index (χ0) is 11.3. The molecule has 0 atom stereocenters. The Bertz CT molecular complexity index is 332. The smallest absolute Gasteiger partial charge is 0.150 e. The SMILES string of the molecule is O=Cc1cc(Br)c(OCCCF)c(Br)c1. The first-order valence-electron chi connectivity index (χ1n) is 4.32. The van der Waals surface area contributed by atoms with Crippen LogP contribution in [0.15, 0.2) is 21.1 Å². The van der Waals surface area contributed by atoms with Crippen LogP contribution in [0.2, 0.25) is 0 Å². The first-order valence-corrected chi connectivity index (χ1v) is 5.90. The quantitative estimate of drug-likeness (QED) is 0.603. The van der Waals surface area contributed by atoms with E-state index < -0.39 is 6.67 Å². The van der Waals surface area contributed by atoms with Gasteiger partial charge in [-0.2, -0.15) is 0 Å². The summed E-state index contributed by atoms with van der Waals surface area (Å²) in [5, 5.41) is 0. The summed E-state index contributed by atoms with van der Waals surface area (Å²) in [6, 6.07) is 3.31. The summed E-state index contributed by atoms with van der Waals surface area (Å²) in [6.07, 6.45) is 1.11. The van der Waals surface area contributed by atoms with Crippen LogP contribution in [0.3, 0.4) is 0 Å². The number of aldehydes is 1. The standard InChI is InChI=1S/C10H9Br2FO2/c11-8-4-7(6-14)5-9(12)10(8)15-3-1-2-13/h4-6H,1-3H2. The molecule has 0 bridgehead atoms. The maximum absolute atomic E-state index is 11.9. The van der Waals surface area contributed by atoms with Gasteiger partial charge in [0, 0.05) is 12.0 Å². The predicted molar refractivity (Wildman–Crippen MR) is 63.3 cm³/mol. The van der Waals surface area contributed by atoms with E-state index in [4.69, 9.17) is 4.74 Å². The molecule has 5 heteroatoms. The lowest BCUT2D eigenvalue weighted by Gasteiger charge is -2.09. The van der Waals surface area contributed by atoms with E-state index >= 15 is 0 Å². The molecule has 0 aliphatic heterocycles. The van der Waals surface area contributed by atoms with E-state index in [1.165, 1.54) is 0 Å². The maximum atomic E-state index is 11.9. The molecule has 0 saturated heterocycles. The molecule has 1 aromatic carbocycles. The molecule has 0 amide bonds. The summed E-state index contributed by atoms with van der Waals surface area (Å²) in [5.74, 6) is 0.592. The lowest BCUT2D eigenvalue weighted by molar-refractivity contribution is 0.112. The van der Waals surface area contributed by atoms with E-state index in [2.05, 4.69) is 31.9 Å². The van der Waals surface area contributed by atoms with E-state index in [0.29, 0.717) is 33.3 Å². The second-order valence-corrected chi connectivity index (χ2v) is 4.53. The summed E-state index contributed by atoms with van der Waals surface area (Å²) in [5.41, 5.74) is 0.548. The maximum Gasteiger partial charge on any atom is 0.150 e. The van der Waals surface area contributed by atoms with Gasteiger partial charge in [-0.3, -0.25) is 9.18 Å². The van der Waals surface area contributed by atoms with Crippen LogP contribution in [0.5, 0.6) is 5.75 Å². The van der Waals surface area contributed by atoms with Crippen LogP contribution in [-0.4, -0.2) is 19.6 Å². The minimum atomic E-state index is -0.401. The van der Waals surface area contributed by atoms with Gasteiger partial charge < -0.3 is 4.74 Å².